The third kappa shape index (κ3) is 9.93. The molecular formula is C9H15FeO-. The fourth-order valence-electron chi connectivity index (χ4n) is 1.03. The van der Waals surface area contributed by atoms with Gasteiger partial charge in [-0.25, -0.2) is 0 Å². The van der Waals surface area contributed by atoms with Crippen LogP contribution in [0.1, 0.15) is 38.5 Å². The van der Waals surface area contributed by atoms with Crippen molar-refractivity contribution in [3.63, 3.8) is 0 Å². The van der Waals surface area contributed by atoms with E-state index in [0.29, 0.717) is 0 Å². The summed E-state index contributed by atoms with van der Waals surface area (Å²) >= 11 is 0. The van der Waals surface area contributed by atoms with E-state index in [1.54, 1.807) is 0 Å². The Morgan fingerprint density at radius 1 is 1.09 bits per heavy atom. The second kappa shape index (κ2) is 12.6. The molecule has 0 atom stereocenters. The van der Waals surface area contributed by atoms with Crippen molar-refractivity contribution in [1.29, 1.82) is 0 Å². The van der Waals surface area contributed by atoms with Gasteiger partial charge in [0.15, 0.2) is 0 Å². The van der Waals surface area contributed by atoms with Crippen molar-refractivity contribution in [2.45, 2.75) is 38.5 Å². The van der Waals surface area contributed by atoms with E-state index >= 15 is 0 Å². The van der Waals surface area contributed by atoms with Gasteiger partial charge in [-0.1, -0.05) is 32.1 Å². The fraction of sp³-hybridized carbons (Fsp3) is 0.667. The molecule has 1 nitrogen and oxygen atoms in total. The van der Waals surface area contributed by atoms with Crippen LogP contribution in [-0.2, 0) is 21.9 Å². The summed E-state index contributed by atoms with van der Waals surface area (Å²) in [7, 11) is 0. The van der Waals surface area contributed by atoms with Gasteiger partial charge in [-0.3, -0.25) is 6.08 Å². The van der Waals surface area contributed by atoms with E-state index in [2.05, 4.69) is 12.2 Å². The molecule has 0 aromatic rings. The van der Waals surface area contributed by atoms with Crippen LogP contribution in [0, 0.1) is 6.08 Å². The summed E-state index contributed by atoms with van der Waals surface area (Å²) in [5.41, 5.74) is 0. The van der Waals surface area contributed by atoms with Crippen LogP contribution >= 0.6 is 0 Å². The van der Waals surface area contributed by atoms with Gasteiger partial charge in [0, 0.05) is 17.1 Å². The van der Waals surface area contributed by atoms with Crippen LogP contribution in [0.4, 0.5) is 0 Å². The van der Waals surface area contributed by atoms with Crippen LogP contribution in [-0.4, -0.2) is 6.79 Å². The first-order valence-electron chi connectivity index (χ1n) is 3.84. The monoisotopic (exact) mass is 195 g/mol. The normalized spacial score (nSPS) is 16.4. The first-order chi connectivity index (χ1) is 5.00. The molecule has 0 bridgehead atoms. The molecule has 2 heteroatoms. The van der Waals surface area contributed by atoms with Crippen LogP contribution < -0.4 is 0 Å². The van der Waals surface area contributed by atoms with E-state index in [9.17, 15) is 0 Å². The Morgan fingerprint density at radius 3 is 2.45 bits per heavy atom. The molecule has 0 unspecified atom stereocenters. The van der Waals surface area contributed by atoms with Gasteiger partial charge in [-0.05, 0) is 0 Å². The molecule has 0 aromatic heterocycles. The molecule has 11 heavy (non-hydrogen) atoms. The van der Waals surface area contributed by atoms with Gasteiger partial charge < -0.3 is 10.9 Å². The summed E-state index contributed by atoms with van der Waals surface area (Å²) in [6.45, 7) is 2.00. The quantitative estimate of drug-likeness (QED) is 0.428. The van der Waals surface area contributed by atoms with Gasteiger partial charge >= 0.3 is 0 Å². The summed E-state index contributed by atoms with van der Waals surface area (Å²) in [5, 5.41) is 0. The van der Waals surface area contributed by atoms with Gasteiger partial charge in [-0.15, -0.1) is 0 Å². The van der Waals surface area contributed by atoms with Crippen LogP contribution in [0.5, 0.6) is 0 Å². The van der Waals surface area contributed by atoms with Crippen molar-refractivity contribution in [1.82, 2.24) is 0 Å². The number of hydrogen-bond donors (Lipinski definition) is 0. The molecule has 0 heterocycles. The molecule has 0 amide bonds. The van der Waals surface area contributed by atoms with Crippen LogP contribution in [0.2, 0.25) is 0 Å². The van der Waals surface area contributed by atoms with Crippen molar-refractivity contribution in [3.05, 3.63) is 12.2 Å². The topological polar surface area (TPSA) is 17.1 Å². The predicted octanol–water partition coefficient (Wildman–Crippen LogP) is 2.51. The first kappa shape index (κ1) is 13.5. The number of rotatable bonds is 0. The second-order valence-electron chi connectivity index (χ2n) is 2.36. The summed E-state index contributed by atoms with van der Waals surface area (Å²) < 4.78 is 0. The Bertz CT molecular complexity index is 81.6. The van der Waals surface area contributed by atoms with Crippen molar-refractivity contribution in [3.8, 4) is 0 Å². The van der Waals surface area contributed by atoms with E-state index in [1.165, 1.54) is 38.5 Å². The molecule has 1 aliphatic rings. The number of hydrogen-bond acceptors (Lipinski definition) is 1. The van der Waals surface area contributed by atoms with Crippen LogP contribution in [0.3, 0.4) is 0 Å². The third-order valence-electron chi connectivity index (χ3n) is 1.56. The molecule has 1 aliphatic carbocycles. The maximum absolute atomic E-state index is 8.00. The molecule has 0 spiro atoms. The zero-order valence-electron chi connectivity index (χ0n) is 6.79. The number of carbonyl (C=O) groups excluding carboxylic acids is 1. The molecule has 0 aliphatic heterocycles. The average Bonchev–Trinajstić information content (AvgIpc) is 1.90. The zero-order valence-corrected chi connectivity index (χ0v) is 7.89. The van der Waals surface area contributed by atoms with E-state index in [0.717, 1.165) is 0 Å². The smallest absolute Gasteiger partial charge is 0.106 e. The van der Waals surface area contributed by atoms with Crippen molar-refractivity contribution in [2.24, 2.45) is 0 Å². The summed E-state index contributed by atoms with van der Waals surface area (Å²) in [6, 6.07) is 0. The van der Waals surface area contributed by atoms with E-state index in [-0.39, 0.29) is 17.1 Å². The van der Waals surface area contributed by atoms with Crippen LogP contribution in [0.15, 0.2) is 6.08 Å². The van der Waals surface area contributed by atoms with E-state index in [4.69, 9.17) is 4.79 Å². The molecule has 66 valence electrons. The third-order valence-corrected chi connectivity index (χ3v) is 1.56. The molecule has 0 radical (unpaired) electrons. The molecule has 0 fully saturated rings. The van der Waals surface area contributed by atoms with Crippen molar-refractivity contribution < 1.29 is 21.9 Å². The minimum absolute atomic E-state index is 0. The largest absolute Gasteiger partial charge is 0.501 e. The zero-order chi connectivity index (χ0) is 7.66. The Morgan fingerprint density at radius 2 is 1.73 bits per heavy atom. The SMILES string of the molecule is C=O.[C-]1=CCCCCCC1.[Fe]. The molecule has 1 rings (SSSR count). The van der Waals surface area contributed by atoms with Crippen molar-refractivity contribution in [2.75, 3.05) is 0 Å². The molecule has 0 aromatic carbocycles. The van der Waals surface area contributed by atoms with E-state index < -0.39 is 0 Å². The minimum atomic E-state index is 0. The molecule has 0 saturated carbocycles. The van der Waals surface area contributed by atoms with Gasteiger partial charge in [0.25, 0.3) is 0 Å². The van der Waals surface area contributed by atoms with Crippen LogP contribution in [0.25, 0.3) is 0 Å². The first-order valence-corrected chi connectivity index (χ1v) is 3.84. The minimum Gasteiger partial charge on any atom is -0.501 e. The predicted molar refractivity (Wildman–Crippen MR) is 42.6 cm³/mol. The van der Waals surface area contributed by atoms with E-state index in [1.807, 2.05) is 6.79 Å². The number of carbonyl (C=O) groups is 1. The van der Waals surface area contributed by atoms with Crippen molar-refractivity contribution >= 4 is 6.79 Å². The summed E-state index contributed by atoms with van der Waals surface area (Å²) in [5.74, 6) is 0. The Kier molecular flexibility index (Phi) is 15.5. The van der Waals surface area contributed by atoms with Gasteiger partial charge in [-0.2, -0.15) is 6.42 Å². The molecule has 0 saturated heterocycles. The summed E-state index contributed by atoms with van der Waals surface area (Å²) in [6.07, 6.45) is 13.5. The fourth-order valence-corrected chi connectivity index (χ4v) is 1.03. The Balaban J connectivity index is 0. The summed E-state index contributed by atoms with van der Waals surface area (Å²) in [4.78, 5) is 8.00. The Hall–Kier alpha value is -0.0705. The Labute approximate surface area is 79.7 Å². The maximum atomic E-state index is 8.00. The standard InChI is InChI=1S/C8H13.CH2O.Fe/c1-2-4-6-8-7-5-3-1;1-2;/h1H,2,4-8H2;1H2;/q-1;;. The van der Waals surface area contributed by atoms with Gasteiger partial charge in [0.05, 0.1) is 0 Å². The number of allylic oxidation sites excluding steroid dienone is 2. The molecule has 0 N–H and O–H groups in total. The van der Waals surface area contributed by atoms with Gasteiger partial charge in [0.2, 0.25) is 0 Å². The van der Waals surface area contributed by atoms with Gasteiger partial charge in [0.1, 0.15) is 6.79 Å². The molecular weight excluding hydrogens is 180 g/mol. The maximum Gasteiger partial charge on any atom is 0.106 e. The average molecular weight is 195 g/mol. The second-order valence-corrected chi connectivity index (χ2v) is 2.36.